The number of likely N-dealkylation sites (tertiary alicyclic amines) is 1. The number of anilines is 1. The predicted molar refractivity (Wildman–Crippen MR) is 141 cm³/mol. The predicted octanol–water partition coefficient (Wildman–Crippen LogP) is 5.48. The van der Waals surface area contributed by atoms with E-state index in [2.05, 4.69) is 26.7 Å². The van der Waals surface area contributed by atoms with Crippen molar-refractivity contribution < 1.29 is 22.3 Å². The number of hydrogen-bond donors (Lipinski definition) is 0. The first-order valence-electron chi connectivity index (χ1n) is 13.3. The number of halogens is 4. The van der Waals surface area contributed by atoms with Crippen LogP contribution in [0.25, 0.3) is 10.9 Å². The Balaban J connectivity index is 1.10. The van der Waals surface area contributed by atoms with E-state index in [0.29, 0.717) is 23.7 Å². The lowest BCUT2D eigenvalue weighted by Gasteiger charge is -2.35. The molecule has 0 aliphatic carbocycles. The Labute approximate surface area is 221 Å². The van der Waals surface area contributed by atoms with Gasteiger partial charge in [0.15, 0.2) is 0 Å². The molecule has 5 nitrogen and oxygen atoms in total. The molecule has 2 aromatic carbocycles. The molecule has 0 amide bonds. The van der Waals surface area contributed by atoms with E-state index in [-0.39, 0.29) is 11.3 Å². The minimum atomic E-state index is -4.47. The topological polar surface area (TPSA) is 31.8 Å². The fourth-order valence-corrected chi connectivity index (χ4v) is 5.42. The van der Waals surface area contributed by atoms with E-state index in [1.54, 1.807) is 24.3 Å². The molecule has 0 saturated carbocycles. The summed E-state index contributed by atoms with van der Waals surface area (Å²) in [7, 11) is 2.10. The van der Waals surface area contributed by atoms with Gasteiger partial charge in [-0.1, -0.05) is 12.1 Å². The summed E-state index contributed by atoms with van der Waals surface area (Å²) in [6.45, 7) is 6.73. The van der Waals surface area contributed by atoms with Gasteiger partial charge in [0, 0.05) is 38.1 Å². The highest BCUT2D eigenvalue weighted by Crippen LogP contribution is 2.32. The van der Waals surface area contributed by atoms with Crippen molar-refractivity contribution in [1.82, 2.24) is 14.8 Å². The molecule has 204 valence electrons. The van der Waals surface area contributed by atoms with Crippen LogP contribution in [0.15, 0.2) is 48.5 Å². The number of fused-ring (bicyclic) bond motifs is 1. The van der Waals surface area contributed by atoms with E-state index < -0.39 is 11.9 Å². The number of hydrogen-bond acceptors (Lipinski definition) is 5. The highest BCUT2D eigenvalue weighted by molar-refractivity contribution is 5.85. The first kappa shape index (κ1) is 26.7. The fourth-order valence-electron chi connectivity index (χ4n) is 5.42. The number of likely N-dealkylation sites (N-methyl/N-ethyl adjacent to an activating group) is 1. The van der Waals surface area contributed by atoms with Crippen molar-refractivity contribution in [3.8, 4) is 5.75 Å². The zero-order valence-corrected chi connectivity index (χ0v) is 21.7. The molecule has 0 spiro atoms. The number of benzene rings is 2. The van der Waals surface area contributed by atoms with Gasteiger partial charge in [0.25, 0.3) is 0 Å². The number of nitrogens with zero attached hydrogens (tertiary/aromatic N) is 4. The monoisotopic (exact) mass is 530 g/mol. The summed E-state index contributed by atoms with van der Waals surface area (Å²) in [6.07, 6.45) is -1.38. The van der Waals surface area contributed by atoms with Gasteiger partial charge < -0.3 is 14.5 Å². The molecule has 9 heteroatoms. The zero-order valence-electron chi connectivity index (χ0n) is 21.7. The maximum Gasteiger partial charge on any atom is 0.433 e. The molecule has 2 fully saturated rings. The van der Waals surface area contributed by atoms with Gasteiger partial charge in [-0.25, -0.2) is 9.37 Å². The zero-order chi connectivity index (χ0) is 26.7. The quantitative estimate of drug-likeness (QED) is 0.378. The van der Waals surface area contributed by atoms with Crippen molar-refractivity contribution >= 4 is 16.6 Å². The van der Waals surface area contributed by atoms with Crippen LogP contribution in [0.4, 0.5) is 23.2 Å². The summed E-state index contributed by atoms with van der Waals surface area (Å²) >= 11 is 0. The van der Waals surface area contributed by atoms with Crippen LogP contribution in [0, 0.1) is 11.7 Å². The SMILES string of the molecule is CN1CCN(c2cc(CC3CCN(CCOc4cccc5nc(C(F)(F)F)ccc45)CC3)ccc2F)CC1. The molecule has 0 unspecified atom stereocenters. The summed E-state index contributed by atoms with van der Waals surface area (Å²) in [4.78, 5) is 10.5. The van der Waals surface area contributed by atoms with E-state index in [1.165, 1.54) is 11.6 Å². The molecular formula is C29H34F4N4O. The number of pyridine rings is 1. The smallest absolute Gasteiger partial charge is 0.433 e. The highest BCUT2D eigenvalue weighted by atomic mass is 19.4. The minimum Gasteiger partial charge on any atom is -0.492 e. The average molecular weight is 531 g/mol. The number of piperazine rings is 1. The van der Waals surface area contributed by atoms with Crippen LogP contribution < -0.4 is 9.64 Å². The molecule has 0 atom stereocenters. The van der Waals surface area contributed by atoms with E-state index in [9.17, 15) is 17.6 Å². The molecule has 2 aliphatic heterocycles. The van der Waals surface area contributed by atoms with E-state index in [1.807, 2.05) is 12.1 Å². The lowest BCUT2D eigenvalue weighted by molar-refractivity contribution is -0.140. The molecule has 2 aliphatic rings. The lowest BCUT2D eigenvalue weighted by atomic mass is 9.90. The van der Waals surface area contributed by atoms with Gasteiger partial charge in [-0.05, 0) is 87.3 Å². The molecule has 0 radical (unpaired) electrons. The summed E-state index contributed by atoms with van der Waals surface area (Å²) in [5, 5.41) is 0.578. The summed E-state index contributed by atoms with van der Waals surface area (Å²) in [5.41, 5.74) is 1.29. The third-order valence-corrected chi connectivity index (χ3v) is 7.73. The van der Waals surface area contributed by atoms with Crippen LogP contribution in [-0.2, 0) is 12.6 Å². The van der Waals surface area contributed by atoms with Crippen molar-refractivity contribution in [2.24, 2.45) is 5.92 Å². The second-order valence-electron chi connectivity index (χ2n) is 10.4. The van der Waals surface area contributed by atoms with E-state index >= 15 is 0 Å². The summed E-state index contributed by atoms with van der Waals surface area (Å²) in [6, 6.07) is 13.0. The van der Waals surface area contributed by atoms with Crippen molar-refractivity contribution in [1.29, 1.82) is 0 Å². The third kappa shape index (κ3) is 6.38. The molecule has 38 heavy (non-hydrogen) atoms. The number of aromatic nitrogens is 1. The van der Waals surface area contributed by atoms with Crippen molar-refractivity contribution in [3.05, 3.63) is 65.6 Å². The van der Waals surface area contributed by atoms with Crippen molar-refractivity contribution in [3.63, 3.8) is 0 Å². The standard InChI is InChI=1S/C29H34F4N4O/c1-35-13-15-37(16-14-35)26-20-22(5-7-24(26)30)19-21-9-11-36(12-10-21)17-18-38-27-4-2-3-25-23(27)6-8-28(34-25)29(31,32)33/h2-8,20-21H,9-19H2,1H3. The fraction of sp³-hybridized carbons (Fsp3) is 0.483. The molecule has 0 bridgehead atoms. The Morgan fingerprint density at radius 3 is 2.45 bits per heavy atom. The number of rotatable bonds is 7. The average Bonchev–Trinajstić information content (AvgIpc) is 2.90. The van der Waals surface area contributed by atoms with Gasteiger partial charge in [-0.2, -0.15) is 13.2 Å². The molecule has 3 aromatic rings. The van der Waals surface area contributed by atoms with Gasteiger partial charge in [0.05, 0.1) is 11.2 Å². The second kappa shape index (κ2) is 11.5. The van der Waals surface area contributed by atoms with Crippen LogP contribution in [0.2, 0.25) is 0 Å². The van der Waals surface area contributed by atoms with Crippen LogP contribution >= 0.6 is 0 Å². The van der Waals surface area contributed by atoms with Crippen molar-refractivity contribution in [2.45, 2.75) is 25.4 Å². The Morgan fingerprint density at radius 1 is 0.947 bits per heavy atom. The Morgan fingerprint density at radius 2 is 1.71 bits per heavy atom. The molecule has 1 aromatic heterocycles. The number of piperidine rings is 1. The first-order chi connectivity index (χ1) is 18.3. The molecular weight excluding hydrogens is 496 g/mol. The molecule has 0 N–H and O–H groups in total. The Bertz CT molecular complexity index is 1230. The van der Waals surface area contributed by atoms with Gasteiger partial charge >= 0.3 is 6.18 Å². The second-order valence-corrected chi connectivity index (χ2v) is 10.4. The summed E-state index contributed by atoms with van der Waals surface area (Å²) < 4.78 is 59.4. The van der Waals surface area contributed by atoms with Gasteiger partial charge in [-0.3, -0.25) is 4.90 Å². The molecule has 3 heterocycles. The van der Waals surface area contributed by atoms with Crippen molar-refractivity contribution in [2.75, 3.05) is 64.4 Å². The maximum absolute atomic E-state index is 14.6. The highest BCUT2D eigenvalue weighted by Gasteiger charge is 2.32. The first-order valence-corrected chi connectivity index (χ1v) is 13.3. The van der Waals surface area contributed by atoms with E-state index in [4.69, 9.17) is 4.74 Å². The van der Waals surface area contributed by atoms with Crippen LogP contribution in [0.1, 0.15) is 24.1 Å². The molecule has 5 rings (SSSR count). The van der Waals surface area contributed by atoms with Gasteiger partial charge in [-0.15, -0.1) is 0 Å². The van der Waals surface area contributed by atoms with Gasteiger partial charge in [0.1, 0.15) is 23.9 Å². The van der Waals surface area contributed by atoms with Crippen LogP contribution in [0.3, 0.4) is 0 Å². The Kier molecular flexibility index (Phi) is 8.04. The van der Waals surface area contributed by atoms with E-state index in [0.717, 1.165) is 76.8 Å². The van der Waals surface area contributed by atoms with Gasteiger partial charge in [0.2, 0.25) is 0 Å². The maximum atomic E-state index is 14.6. The minimum absolute atomic E-state index is 0.143. The van der Waals surface area contributed by atoms with Crippen LogP contribution in [-0.4, -0.2) is 74.3 Å². The largest absolute Gasteiger partial charge is 0.492 e. The third-order valence-electron chi connectivity index (χ3n) is 7.73. The normalized spacial score (nSPS) is 18.3. The summed E-state index contributed by atoms with van der Waals surface area (Å²) in [5.74, 6) is 0.965. The van der Waals surface area contributed by atoms with Crippen LogP contribution in [0.5, 0.6) is 5.75 Å². The lowest BCUT2D eigenvalue weighted by Crippen LogP contribution is -2.44. The Hall–Kier alpha value is -2.91. The molecule has 2 saturated heterocycles. The number of alkyl halides is 3. The number of ether oxygens (including phenoxy) is 1.